The first kappa shape index (κ1) is 15.5. The predicted molar refractivity (Wildman–Crippen MR) is 86.3 cm³/mol. The zero-order chi connectivity index (χ0) is 14.4. The molecule has 112 valence electrons. The Morgan fingerprint density at radius 2 is 1.70 bits per heavy atom. The molecule has 0 aromatic heterocycles. The molecule has 1 aromatic rings. The van der Waals surface area contributed by atoms with E-state index < -0.39 is 0 Å². The number of likely N-dealkylation sites (N-methyl/N-ethyl adjacent to an activating group) is 1. The molecule has 3 nitrogen and oxygen atoms in total. The molecule has 1 N–H and O–H groups in total. The van der Waals surface area contributed by atoms with Crippen LogP contribution in [0.4, 0.5) is 0 Å². The molecular weight excluding hydrogens is 246 g/mol. The third kappa shape index (κ3) is 4.58. The van der Waals surface area contributed by atoms with Gasteiger partial charge in [0.25, 0.3) is 0 Å². The molecule has 0 aliphatic carbocycles. The minimum absolute atomic E-state index is 0.198. The molecule has 3 heteroatoms. The monoisotopic (exact) mass is 275 g/mol. The van der Waals surface area contributed by atoms with Gasteiger partial charge in [0.2, 0.25) is 0 Å². The van der Waals surface area contributed by atoms with Gasteiger partial charge in [-0.2, -0.15) is 0 Å². The molecule has 1 saturated heterocycles. The maximum atomic E-state index is 3.63. The highest BCUT2D eigenvalue weighted by atomic mass is 15.2. The van der Waals surface area contributed by atoms with Gasteiger partial charge in [-0.05, 0) is 12.6 Å². The Balaban J connectivity index is 1.68. The maximum absolute atomic E-state index is 3.63. The van der Waals surface area contributed by atoms with Crippen molar-refractivity contribution < 1.29 is 0 Å². The largest absolute Gasteiger partial charge is 0.315 e. The third-order valence-corrected chi connectivity index (χ3v) is 4.32. The quantitative estimate of drug-likeness (QED) is 0.799. The number of nitrogens with zero attached hydrogens (tertiary/aromatic N) is 2. The van der Waals surface area contributed by atoms with Gasteiger partial charge in [-0.25, -0.2) is 0 Å². The number of rotatable bonds is 6. The van der Waals surface area contributed by atoms with Gasteiger partial charge in [-0.1, -0.05) is 44.2 Å². The van der Waals surface area contributed by atoms with E-state index in [2.05, 4.69) is 66.3 Å². The van der Waals surface area contributed by atoms with E-state index in [4.69, 9.17) is 0 Å². The lowest BCUT2D eigenvalue weighted by atomic mass is 9.85. The molecule has 0 saturated carbocycles. The van der Waals surface area contributed by atoms with Gasteiger partial charge in [0.1, 0.15) is 0 Å². The summed E-state index contributed by atoms with van der Waals surface area (Å²) in [6, 6.07) is 10.8. The van der Waals surface area contributed by atoms with Crippen LogP contribution in [0, 0.1) is 0 Å². The molecule has 0 radical (unpaired) electrons. The van der Waals surface area contributed by atoms with Gasteiger partial charge in [0.05, 0.1) is 0 Å². The normalized spacial score (nSPS) is 18.4. The molecule has 1 aliphatic rings. The molecule has 1 fully saturated rings. The second kappa shape index (κ2) is 7.21. The molecule has 0 atom stereocenters. The highest BCUT2D eigenvalue weighted by Crippen LogP contribution is 2.21. The molecule has 0 amide bonds. The van der Waals surface area contributed by atoms with E-state index in [1.165, 1.54) is 38.3 Å². The first-order valence-electron chi connectivity index (χ1n) is 7.75. The van der Waals surface area contributed by atoms with Crippen molar-refractivity contribution in [1.29, 1.82) is 0 Å². The van der Waals surface area contributed by atoms with Crippen molar-refractivity contribution in [2.45, 2.75) is 19.3 Å². The van der Waals surface area contributed by atoms with Crippen molar-refractivity contribution in [2.75, 3.05) is 52.9 Å². The van der Waals surface area contributed by atoms with Gasteiger partial charge in [0, 0.05) is 51.2 Å². The Morgan fingerprint density at radius 1 is 1.05 bits per heavy atom. The summed E-state index contributed by atoms with van der Waals surface area (Å²) in [7, 11) is 2.21. The van der Waals surface area contributed by atoms with Crippen LogP contribution in [0.1, 0.15) is 19.4 Å². The summed E-state index contributed by atoms with van der Waals surface area (Å²) < 4.78 is 0. The van der Waals surface area contributed by atoms with E-state index in [1.54, 1.807) is 0 Å². The Hall–Kier alpha value is -0.900. The highest BCUT2D eigenvalue weighted by molar-refractivity contribution is 5.23. The summed E-state index contributed by atoms with van der Waals surface area (Å²) >= 11 is 0. The molecule has 0 spiro atoms. The first-order valence-corrected chi connectivity index (χ1v) is 7.75. The molecule has 0 unspecified atom stereocenters. The summed E-state index contributed by atoms with van der Waals surface area (Å²) in [4.78, 5) is 4.96. The number of hydrogen-bond acceptors (Lipinski definition) is 3. The lowest BCUT2D eigenvalue weighted by Gasteiger charge is -2.33. The fourth-order valence-corrected chi connectivity index (χ4v) is 2.70. The summed E-state index contributed by atoms with van der Waals surface area (Å²) in [6.07, 6.45) is 0. The summed E-state index contributed by atoms with van der Waals surface area (Å²) in [6.45, 7) is 12.7. The second-order valence-corrected chi connectivity index (χ2v) is 6.57. The minimum Gasteiger partial charge on any atom is -0.315 e. The Morgan fingerprint density at radius 3 is 2.35 bits per heavy atom. The smallest absolute Gasteiger partial charge is 0.0110 e. The number of hydrogen-bond donors (Lipinski definition) is 1. The summed E-state index contributed by atoms with van der Waals surface area (Å²) in [5.74, 6) is 0. The second-order valence-electron chi connectivity index (χ2n) is 6.57. The van der Waals surface area contributed by atoms with E-state index in [9.17, 15) is 0 Å². The van der Waals surface area contributed by atoms with Crippen LogP contribution < -0.4 is 5.32 Å². The predicted octanol–water partition coefficient (Wildman–Crippen LogP) is 1.80. The average Bonchev–Trinajstić information content (AvgIpc) is 2.46. The molecular formula is C17H29N3. The molecule has 1 heterocycles. The van der Waals surface area contributed by atoms with Crippen LogP contribution in [-0.2, 0) is 5.41 Å². The van der Waals surface area contributed by atoms with Gasteiger partial charge < -0.3 is 10.2 Å². The molecule has 0 bridgehead atoms. The Kier molecular flexibility index (Phi) is 5.58. The zero-order valence-corrected chi connectivity index (χ0v) is 13.2. The van der Waals surface area contributed by atoms with Gasteiger partial charge in [-0.15, -0.1) is 0 Å². The van der Waals surface area contributed by atoms with Gasteiger partial charge in [-0.3, -0.25) is 4.90 Å². The molecule has 20 heavy (non-hydrogen) atoms. The van der Waals surface area contributed by atoms with Crippen molar-refractivity contribution in [3.63, 3.8) is 0 Å². The Bertz CT molecular complexity index is 380. The maximum Gasteiger partial charge on any atom is 0.0110 e. The van der Waals surface area contributed by atoms with Crippen LogP contribution in [0.25, 0.3) is 0 Å². The van der Waals surface area contributed by atoms with Crippen LogP contribution in [0.3, 0.4) is 0 Å². The first-order chi connectivity index (χ1) is 9.58. The number of piperazine rings is 1. The standard InChI is InChI=1S/C17H29N3/c1-17(2,16-7-5-4-6-8-16)15-18-9-10-20-13-11-19(3)12-14-20/h4-8,18H,9-15H2,1-3H3. The van der Waals surface area contributed by atoms with Gasteiger partial charge in [0.15, 0.2) is 0 Å². The third-order valence-electron chi connectivity index (χ3n) is 4.32. The van der Waals surface area contributed by atoms with Crippen LogP contribution in [0.5, 0.6) is 0 Å². The van der Waals surface area contributed by atoms with E-state index in [0.717, 1.165) is 13.1 Å². The van der Waals surface area contributed by atoms with Crippen LogP contribution >= 0.6 is 0 Å². The van der Waals surface area contributed by atoms with E-state index >= 15 is 0 Å². The van der Waals surface area contributed by atoms with Crippen molar-refractivity contribution in [2.24, 2.45) is 0 Å². The lowest BCUT2D eigenvalue weighted by molar-refractivity contribution is 0.154. The molecule has 1 aromatic carbocycles. The zero-order valence-electron chi connectivity index (χ0n) is 13.2. The van der Waals surface area contributed by atoms with Crippen LogP contribution in [0.15, 0.2) is 30.3 Å². The van der Waals surface area contributed by atoms with Gasteiger partial charge >= 0.3 is 0 Å². The average molecular weight is 275 g/mol. The number of benzene rings is 1. The fourth-order valence-electron chi connectivity index (χ4n) is 2.70. The Labute approximate surface area is 124 Å². The minimum atomic E-state index is 0.198. The van der Waals surface area contributed by atoms with E-state index in [1.807, 2.05) is 0 Å². The SMILES string of the molecule is CN1CCN(CCNCC(C)(C)c2ccccc2)CC1. The van der Waals surface area contributed by atoms with Crippen molar-refractivity contribution in [1.82, 2.24) is 15.1 Å². The van der Waals surface area contributed by atoms with Crippen molar-refractivity contribution >= 4 is 0 Å². The summed E-state index contributed by atoms with van der Waals surface area (Å²) in [5, 5.41) is 3.63. The van der Waals surface area contributed by atoms with E-state index in [0.29, 0.717) is 0 Å². The molecule has 2 rings (SSSR count). The van der Waals surface area contributed by atoms with Crippen molar-refractivity contribution in [3.8, 4) is 0 Å². The van der Waals surface area contributed by atoms with E-state index in [-0.39, 0.29) is 5.41 Å². The fraction of sp³-hybridized carbons (Fsp3) is 0.647. The highest BCUT2D eigenvalue weighted by Gasteiger charge is 2.19. The topological polar surface area (TPSA) is 18.5 Å². The lowest BCUT2D eigenvalue weighted by Crippen LogP contribution is -2.47. The van der Waals surface area contributed by atoms with Crippen LogP contribution in [0.2, 0.25) is 0 Å². The summed E-state index contributed by atoms with van der Waals surface area (Å²) in [5.41, 5.74) is 1.61. The molecule has 1 aliphatic heterocycles. The van der Waals surface area contributed by atoms with Crippen molar-refractivity contribution in [3.05, 3.63) is 35.9 Å². The number of nitrogens with one attached hydrogen (secondary N) is 1. The van der Waals surface area contributed by atoms with Crippen LogP contribution in [-0.4, -0.2) is 62.7 Å².